The number of rotatable bonds is 9. The van der Waals surface area contributed by atoms with Gasteiger partial charge in [0.1, 0.15) is 35.2 Å². The second-order valence-electron chi connectivity index (χ2n) is 15.3. The number of urea groups is 1. The molecule has 2 aromatic rings. The average Bonchev–Trinajstić information content (AvgIpc) is 4.00. The van der Waals surface area contributed by atoms with Gasteiger partial charge < -0.3 is 34.6 Å². The summed E-state index contributed by atoms with van der Waals surface area (Å²) < 4.78 is 45.5. The molecule has 6 rings (SSSR count). The summed E-state index contributed by atoms with van der Waals surface area (Å²) in [6.07, 6.45) is 7.60. The zero-order valence-corrected chi connectivity index (χ0v) is 32.7. The molecule has 0 radical (unpaired) electrons. The van der Waals surface area contributed by atoms with Crippen molar-refractivity contribution < 1.29 is 41.8 Å². The van der Waals surface area contributed by atoms with E-state index in [0.29, 0.717) is 67.0 Å². The van der Waals surface area contributed by atoms with Gasteiger partial charge in [-0.15, -0.1) is 0 Å². The van der Waals surface area contributed by atoms with Gasteiger partial charge in [0, 0.05) is 43.5 Å². The topological polar surface area (TPSA) is 186 Å². The van der Waals surface area contributed by atoms with E-state index in [2.05, 4.69) is 20.3 Å². The summed E-state index contributed by atoms with van der Waals surface area (Å²) in [4.78, 5) is 63.1. The van der Waals surface area contributed by atoms with E-state index in [1.165, 1.54) is 9.80 Å². The summed E-state index contributed by atoms with van der Waals surface area (Å²) in [7, 11) is 0.762. The molecule has 4 aliphatic rings. The van der Waals surface area contributed by atoms with Crippen molar-refractivity contribution >= 4 is 44.7 Å². The largest absolute Gasteiger partial charge is 0.496 e. The molecule has 2 aliphatic heterocycles. The average molecular weight is 769 g/mol. The van der Waals surface area contributed by atoms with Gasteiger partial charge in [0.2, 0.25) is 27.7 Å². The normalized spacial score (nSPS) is 27.3. The van der Waals surface area contributed by atoms with Crippen molar-refractivity contribution in [1.29, 1.82) is 0 Å². The molecule has 1 aromatic carbocycles. The lowest BCUT2D eigenvalue weighted by atomic mass is 10.0. The Labute approximate surface area is 316 Å². The summed E-state index contributed by atoms with van der Waals surface area (Å²) in [6, 6.07) is 2.86. The van der Waals surface area contributed by atoms with Gasteiger partial charge in [-0.25, -0.2) is 18.2 Å². The van der Waals surface area contributed by atoms with Crippen LogP contribution in [0.2, 0.25) is 0 Å². The maximum Gasteiger partial charge on any atom is 0.317 e. The number of fused-ring (bicyclic) bond motifs is 3. The zero-order chi connectivity index (χ0) is 39.0. The van der Waals surface area contributed by atoms with E-state index in [-0.39, 0.29) is 19.4 Å². The standard InChI is InChI=1S/C38H52N6O9S/c1-7-52-31-20-30(26-15-16-29(51-6)23(2)32(26)40-31)53-25-19-28-33(45)41-38(35(47)42-54(49,50)37(3)17-18-37)21-24(38)13-11-9-8-10-12-14-27(34(46)44(28)22-25)39-36(48)43(4)5/h11,13,15-16,20,24-25,27-28H,7-10,12,14,17-19,21-22H2,1-6H3,(H,39,48)(H,41,45)(H,42,47)/b13-11-/t24?,25-,27+,28+,38-/m1/s1. The summed E-state index contributed by atoms with van der Waals surface area (Å²) in [5.41, 5.74) is -0.120. The van der Waals surface area contributed by atoms with Gasteiger partial charge in [-0.1, -0.05) is 25.0 Å². The molecule has 3 fully saturated rings. The first kappa shape index (κ1) is 39.1. The number of nitrogens with one attached hydrogen (secondary N) is 3. The van der Waals surface area contributed by atoms with Gasteiger partial charge >= 0.3 is 6.03 Å². The molecule has 16 heteroatoms. The van der Waals surface area contributed by atoms with Gasteiger partial charge in [-0.3, -0.25) is 19.1 Å². The number of hydrogen-bond donors (Lipinski definition) is 3. The lowest BCUT2D eigenvalue weighted by Gasteiger charge is -2.30. The van der Waals surface area contributed by atoms with Gasteiger partial charge in [0.05, 0.1) is 30.5 Å². The monoisotopic (exact) mass is 768 g/mol. The maximum atomic E-state index is 14.5. The molecule has 2 saturated carbocycles. The van der Waals surface area contributed by atoms with Crippen molar-refractivity contribution in [3.8, 4) is 17.4 Å². The van der Waals surface area contributed by atoms with E-state index < -0.39 is 68.2 Å². The number of aromatic nitrogens is 1. The van der Waals surface area contributed by atoms with Crippen LogP contribution >= 0.6 is 0 Å². The molecule has 294 valence electrons. The van der Waals surface area contributed by atoms with Crippen molar-refractivity contribution in [3.63, 3.8) is 0 Å². The Hall–Kier alpha value is -4.60. The Balaban J connectivity index is 1.35. The number of pyridine rings is 1. The molecule has 3 N–H and O–H groups in total. The minimum Gasteiger partial charge on any atom is -0.496 e. The summed E-state index contributed by atoms with van der Waals surface area (Å²) in [5.74, 6) is -0.874. The number of allylic oxidation sites excluding steroid dienone is 1. The minimum absolute atomic E-state index is 0.00341. The highest BCUT2D eigenvalue weighted by Crippen LogP contribution is 2.47. The lowest BCUT2D eigenvalue weighted by molar-refractivity contribution is -0.141. The molecule has 1 unspecified atom stereocenters. The first-order chi connectivity index (χ1) is 25.6. The van der Waals surface area contributed by atoms with Crippen LogP contribution in [-0.4, -0.2) is 110 Å². The van der Waals surface area contributed by atoms with Crippen LogP contribution in [0.3, 0.4) is 0 Å². The third-order valence-electron chi connectivity index (χ3n) is 11.1. The summed E-state index contributed by atoms with van der Waals surface area (Å²) in [6.45, 7) is 5.68. The Morgan fingerprint density at radius 1 is 1.13 bits per heavy atom. The highest BCUT2D eigenvalue weighted by atomic mass is 32.2. The molecule has 1 saturated heterocycles. The summed E-state index contributed by atoms with van der Waals surface area (Å²) >= 11 is 0. The fourth-order valence-electron chi connectivity index (χ4n) is 7.30. The number of carbonyl (C=O) groups excluding carboxylic acids is 4. The number of benzene rings is 1. The first-order valence-electron chi connectivity index (χ1n) is 18.7. The molecular weight excluding hydrogens is 717 g/mol. The predicted octanol–water partition coefficient (Wildman–Crippen LogP) is 3.33. The van der Waals surface area contributed by atoms with Crippen molar-refractivity contribution in [2.45, 2.75) is 107 Å². The number of amides is 5. The van der Waals surface area contributed by atoms with Crippen LogP contribution in [0.4, 0.5) is 4.79 Å². The maximum absolute atomic E-state index is 14.5. The number of sulfonamides is 1. The highest BCUT2D eigenvalue weighted by molar-refractivity contribution is 7.91. The van der Waals surface area contributed by atoms with Crippen LogP contribution < -0.4 is 29.6 Å². The van der Waals surface area contributed by atoms with E-state index in [1.807, 2.05) is 38.1 Å². The predicted molar refractivity (Wildman–Crippen MR) is 201 cm³/mol. The van der Waals surface area contributed by atoms with Crippen molar-refractivity contribution in [2.75, 3.05) is 34.4 Å². The van der Waals surface area contributed by atoms with Crippen molar-refractivity contribution in [1.82, 2.24) is 30.1 Å². The van der Waals surface area contributed by atoms with E-state index in [1.54, 1.807) is 34.2 Å². The van der Waals surface area contributed by atoms with Crippen LogP contribution in [0.15, 0.2) is 30.4 Å². The zero-order valence-electron chi connectivity index (χ0n) is 31.9. The SMILES string of the molecule is CCOc1cc(O[C@@H]2C[C@H]3C(=O)N[C@]4(C(=O)NS(=O)(=O)C5(C)CC5)CC4/C=C\CCCCC[C@H](NC(=O)N(C)C)C(=O)N3C2)c2ccc(OC)c(C)c2n1. The van der Waals surface area contributed by atoms with E-state index >= 15 is 0 Å². The Morgan fingerprint density at radius 2 is 1.89 bits per heavy atom. The van der Waals surface area contributed by atoms with Crippen LogP contribution in [0.25, 0.3) is 10.9 Å². The molecule has 54 heavy (non-hydrogen) atoms. The Kier molecular flexibility index (Phi) is 11.1. The van der Waals surface area contributed by atoms with Gasteiger partial charge in [-0.05, 0) is 71.4 Å². The third-order valence-corrected chi connectivity index (χ3v) is 13.3. The fourth-order valence-corrected chi connectivity index (χ4v) is 8.61. The van der Waals surface area contributed by atoms with Crippen LogP contribution in [0.1, 0.15) is 77.2 Å². The van der Waals surface area contributed by atoms with Crippen LogP contribution in [0, 0.1) is 12.8 Å². The van der Waals surface area contributed by atoms with Crippen molar-refractivity contribution in [3.05, 3.63) is 35.9 Å². The second kappa shape index (κ2) is 15.3. The molecule has 3 heterocycles. The Morgan fingerprint density at radius 3 is 2.57 bits per heavy atom. The highest BCUT2D eigenvalue weighted by Gasteiger charge is 2.63. The quantitative estimate of drug-likeness (QED) is 0.320. The van der Waals surface area contributed by atoms with Gasteiger partial charge in [0.15, 0.2) is 0 Å². The Bertz CT molecular complexity index is 1950. The van der Waals surface area contributed by atoms with Crippen LogP contribution in [0.5, 0.6) is 17.4 Å². The number of hydrogen-bond acceptors (Lipinski definition) is 10. The smallest absolute Gasteiger partial charge is 0.317 e. The first-order valence-corrected chi connectivity index (χ1v) is 20.2. The van der Waals surface area contributed by atoms with Crippen LogP contribution in [-0.2, 0) is 24.4 Å². The molecule has 15 nitrogen and oxygen atoms in total. The number of methoxy groups -OCH3 is 1. The molecule has 5 atom stereocenters. The number of aryl methyl sites for hydroxylation is 1. The second-order valence-corrected chi connectivity index (χ2v) is 17.5. The molecule has 2 aliphatic carbocycles. The summed E-state index contributed by atoms with van der Waals surface area (Å²) in [5, 5.41) is 6.43. The molecular formula is C38H52N6O9S. The number of ether oxygens (including phenoxy) is 3. The van der Waals surface area contributed by atoms with Crippen molar-refractivity contribution in [2.24, 2.45) is 5.92 Å². The van der Waals surface area contributed by atoms with E-state index in [0.717, 1.165) is 18.4 Å². The molecule has 0 spiro atoms. The molecule has 5 amide bonds. The van der Waals surface area contributed by atoms with E-state index in [9.17, 15) is 27.6 Å². The molecule has 1 aromatic heterocycles. The third kappa shape index (κ3) is 7.80. The van der Waals surface area contributed by atoms with Gasteiger partial charge in [0.25, 0.3) is 5.91 Å². The minimum atomic E-state index is -3.99. The number of carbonyl (C=O) groups is 4. The van der Waals surface area contributed by atoms with E-state index in [4.69, 9.17) is 14.2 Å². The lowest BCUT2D eigenvalue weighted by Crippen LogP contribution is -2.59. The molecule has 0 bridgehead atoms. The number of nitrogens with zero attached hydrogens (tertiary/aromatic N) is 3. The fraction of sp³-hybridized carbons (Fsp3) is 0.605. The van der Waals surface area contributed by atoms with Gasteiger partial charge in [-0.2, -0.15) is 0 Å².